The fourth-order valence-corrected chi connectivity index (χ4v) is 1.48. The van der Waals surface area contributed by atoms with Crippen molar-refractivity contribution in [1.29, 1.82) is 0 Å². The molecule has 0 aliphatic carbocycles. The molecule has 1 aliphatic rings. The average molecular weight is 223 g/mol. The summed E-state index contributed by atoms with van der Waals surface area (Å²) in [5, 5.41) is 24.6. The van der Waals surface area contributed by atoms with Crippen molar-refractivity contribution in [3.8, 4) is 0 Å². The Morgan fingerprint density at radius 1 is 1.27 bits per heavy atom. The van der Waals surface area contributed by atoms with Gasteiger partial charge >= 0.3 is 0 Å². The third-order valence-electron chi connectivity index (χ3n) is 1.87. The fourth-order valence-electron chi connectivity index (χ4n) is 1.21. The van der Waals surface area contributed by atoms with Gasteiger partial charge in [0.25, 0.3) is 10.7 Å². The van der Waals surface area contributed by atoms with Crippen LogP contribution in [0, 0.1) is 10.1 Å². The van der Waals surface area contributed by atoms with E-state index in [9.17, 15) is 10.1 Å². The van der Waals surface area contributed by atoms with E-state index in [0.717, 1.165) is 0 Å². The van der Waals surface area contributed by atoms with Gasteiger partial charge in [-0.2, -0.15) is 0 Å². The van der Waals surface area contributed by atoms with Crippen molar-refractivity contribution in [2.75, 3.05) is 0 Å². The van der Waals surface area contributed by atoms with Crippen LogP contribution in [-0.4, -0.2) is 4.92 Å². The highest BCUT2D eigenvalue weighted by Crippen LogP contribution is 2.40. The number of rotatable bonds is 2. The van der Waals surface area contributed by atoms with Gasteiger partial charge in [-0.25, -0.2) is 0 Å². The summed E-state index contributed by atoms with van der Waals surface area (Å²) in [6.45, 7) is 0. The molecule has 1 aromatic rings. The summed E-state index contributed by atoms with van der Waals surface area (Å²) in [6, 6.07) is 6.08. The summed E-state index contributed by atoms with van der Waals surface area (Å²) in [6.07, 6.45) is 0. The summed E-state index contributed by atoms with van der Waals surface area (Å²) in [7, 11) is 0. The van der Waals surface area contributed by atoms with E-state index in [-0.39, 0.29) is 11.3 Å². The number of nitro groups is 1. The second-order valence-electron chi connectivity index (χ2n) is 2.79. The van der Waals surface area contributed by atoms with Gasteiger partial charge in [-0.1, -0.05) is 12.1 Å². The maximum absolute atomic E-state index is 10.7. The molecule has 0 saturated heterocycles. The maximum Gasteiger partial charge on any atom is 0.278 e. The van der Waals surface area contributed by atoms with Crippen LogP contribution in [0.5, 0.6) is 0 Å². The molecule has 0 radical (unpaired) electrons. The summed E-state index contributed by atoms with van der Waals surface area (Å²) in [4.78, 5) is 8.86. The molecule has 2 rings (SSSR count). The number of para-hydroxylation sites is 1. The Balaban J connectivity index is 2.57. The molecule has 0 unspecified atom stereocenters. The van der Waals surface area contributed by atoms with Crippen LogP contribution in [-0.2, 0) is 4.99 Å². The van der Waals surface area contributed by atoms with Crippen LogP contribution in [0.1, 0.15) is 5.56 Å². The first-order chi connectivity index (χ1) is 7.13. The van der Waals surface area contributed by atoms with E-state index in [2.05, 4.69) is 33.3 Å². The lowest BCUT2D eigenvalue weighted by atomic mass is 10.1. The number of nitro benzene ring substituents is 1. The van der Waals surface area contributed by atoms with E-state index in [0.29, 0.717) is 0 Å². The number of benzene rings is 1. The Labute approximate surface area is 89.5 Å². The highest BCUT2D eigenvalue weighted by molar-refractivity contribution is 7.81. The summed E-state index contributed by atoms with van der Waals surface area (Å²) in [5.74, 6) is 0. The monoisotopic (exact) mass is 223 g/mol. The zero-order valence-electron chi connectivity index (χ0n) is 7.31. The molecule has 0 spiro atoms. The topological polar surface area (TPSA) is 92.6 Å². The zero-order chi connectivity index (χ0) is 10.9. The van der Waals surface area contributed by atoms with Crippen LogP contribution >= 0.6 is 12.6 Å². The summed E-state index contributed by atoms with van der Waals surface area (Å²) >= 11 is 4.11. The van der Waals surface area contributed by atoms with Crippen LogP contribution in [0.15, 0.2) is 44.9 Å². The largest absolute Gasteiger partial charge is 0.278 e. The van der Waals surface area contributed by atoms with E-state index >= 15 is 0 Å². The number of nitrogens with zero attached hydrogens (tertiary/aromatic N) is 5. The van der Waals surface area contributed by atoms with Gasteiger partial charge in [0.2, 0.25) is 0 Å². The summed E-state index contributed by atoms with van der Waals surface area (Å²) in [5.41, 5.74) is 0.149. The Hall–Kier alpha value is -1.83. The SMILES string of the molecule is O=[N+]([O-])c1ccccc1C1(S)N=NN=N1. The fraction of sp³-hybridized carbons (Fsp3) is 0.143. The van der Waals surface area contributed by atoms with E-state index in [1.807, 2.05) is 0 Å². The zero-order valence-corrected chi connectivity index (χ0v) is 8.20. The smallest absolute Gasteiger partial charge is 0.258 e. The molecule has 0 atom stereocenters. The molecule has 0 amide bonds. The molecule has 7 nitrogen and oxygen atoms in total. The number of hydrogen-bond acceptors (Lipinski definition) is 7. The lowest BCUT2D eigenvalue weighted by Gasteiger charge is -2.12. The van der Waals surface area contributed by atoms with Crippen molar-refractivity contribution >= 4 is 18.3 Å². The van der Waals surface area contributed by atoms with E-state index in [1.165, 1.54) is 12.1 Å². The van der Waals surface area contributed by atoms with Crippen LogP contribution in [0.3, 0.4) is 0 Å². The Kier molecular flexibility index (Phi) is 2.19. The highest BCUT2D eigenvalue weighted by atomic mass is 32.1. The van der Waals surface area contributed by atoms with Crippen molar-refractivity contribution < 1.29 is 4.92 Å². The van der Waals surface area contributed by atoms with Gasteiger partial charge in [0.1, 0.15) is 0 Å². The van der Waals surface area contributed by atoms with E-state index in [4.69, 9.17) is 0 Å². The normalized spacial score (nSPS) is 16.9. The Morgan fingerprint density at radius 3 is 2.47 bits per heavy atom. The predicted molar refractivity (Wildman–Crippen MR) is 53.5 cm³/mol. The van der Waals surface area contributed by atoms with Gasteiger partial charge in [0, 0.05) is 6.07 Å². The molecule has 0 fully saturated rings. The molecule has 0 saturated carbocycles. The van der Waals surface area contributed by atoms with Gasteiger partial charge in [-0.05, 0) is 16.5 Å². The lowest BCUT2D eigenvalue weighted by Crippen LogP contribution is -2.12. The molecule has 0 aromatic heterocycles. The van der Waals surface area contributed by atoms with Crippen molar-refractivity contribution in [2.45, 2.75) is 4.99 Å². The second kappa shape index (κ2) is 3.39. The molecule has 76 valence electrons. The minimum atomic E-state index is -1.37. The maximum atomic E-state index is 10.7. The minimum Gasteiger partial charge on any atom is -0.258 e. The van der Waals surface area contributed by atoms with Crippen molar-refractivity contribution in [3.63, 3.8) is 0 Å². The minimum absolute atomic E-state index is 0.104. The Morgan fingerprint density at radius 2 is 1.87 bits per heavy atom. The van der Waals surface area contributed by atoms with E-state index < -0.39 is 9.92 Å². The highest BCUT2D eigenvalue weighted by Gasteiger charge is 2.36. The molecule has 1 aliphatic heterocycles. The van der Waals surface area contributed by atoms with Gasteiger partial charge in [0.05, 0.1) is 10.5 Å². The third kappa shape index (κ3) is 1.59. The molecular formula is C7H5N5O2S. The molecule has 0 N–H and O–H groups in total. The molecule has 8 heteroatoms. The van der Waals surface area contributed by atoms with E-state index in [1.54, 1.807) is 12.1 Å². The standard InChI is InChI=1S/C7H5N5O2S/c13-12(14)6-4-2-1-3-5(6)7(15)8-10-11-9-7/h1-4,15H. The molecular weight excluding hydrogens is 218 g/mol. The molecule has 1 aromatic carbocycles. The van der Waals surface area contributed by atoms with Gasteiger partial charge < -0.3 is 0 Å². The van der Waals surface area contributed by atoms with Gasteiger partial charge in [-0.15, -0.1) is 22.9 Å². The van der Waals surface area contributed by atoms with Crippen LogP contribution in [0.25, 0.3) is 0 Å². The first-order valence-corrected chi connectivity index (χ1v) is 4.38. The molecule has 0 bridgehead atoms. The lowest BCUT2D eigenvalue weighted by molar-refractivity contribution is -0.385. The first-order valence-electron chi connectivity index (χ1n) is 3.94. The Bertz CT molecular complexity index is 460. The number of thiol groups is 1. The van der Waals surface area contributed by atoms with Crippen molar-refractivity contribution in [1.82, 2.24) is 0 Å². The predicted octanol–water partition coefficient (Wildman–Crippen LogP) is 2.47. The third-order valence-corrected chi connectivity index (χ3v) is 2.29. The van der Waals surface area contributed by atoms with Crippen molar-refractivity contribution in [3.05, 3.63) is 39.9 Å². The van der Waals surface area contributed by atoms with Gasteiger partial charge in [-0.3, -0.25) is 10.1 Å². The first kappa shape index (κ1) is 9.71. The van der Waals surface area contributed by atoms with Crippen LogP contribution < -0.4 is 0 Å². The molecule has 1 heterocycles. The number of hydrogen-bond donors (Lipinski definition) is 1. The van der Waals surface area contributed by atoms with Crippen LogP contribution in [0.2, 0.25) is 0 Å². The van der Waals surface area contributed by atoms with Gasteiger partial charge in [0.15, 0.2) is 0 Å². The quantitative estimate of drug-likeness (QED) is 0.473. The van der Waals surface area contributed by atoms with Crippen LogP contribution in [0.4, 0.5) is 5.69 Å². The summed E-state index contributed by atoms with van der Waals surface area (Å²) < 4.78 is 0. The second-order valence-corrected chi connectivity index (χ2v) is 3.41. The van der Waals surface area contributed by atoms with Crippen molar-refractivity contribution in [2.24, 2.45) is 20.7 Å². The molecule has 15 heavy (non-hydrogen) atoms. The average Bonchev–Trinajstić information content (AvgIpc) is 2.66.